The number of carbonyl (C=O) groups excluding carboxylic acids is 2. The van der Waals surface area contributed by atoms with Crippen LogP contribution in [0.25, 0.3) is 0 Å². The third-order valence-corrected chi connectivity index (χ3v) is 0.278. The summed E-state index contributed by atoms with van der Waals surface area (Å²) in [5, 5.41) is 18.3. The second-order valence-corrected chi connectivity index (χ2v) is 0.719. The number of rotatable bonds is 0. The standard InChI is InChI=1S/C2H2NO4.H3N/c4-1(3-7)2(5)6;/h(H2-,3,4,5,6,7);1H3/q-1;/p+1. The van der Waals surface area contributed by atoms with Crippen molar-refractivity contribution in [2.24, 2.45) is 0 Å². The zero-order valence-electron chi connectivity index (χ0n) is 5.13. The van der Waals surface area contributed by atoms with Crippen molar-refractivity contribution in [3.8, 4) is 0 Å². The maximum absolute atomic E-state index is 9.43. The van der Waals surface area contributed by atoms with E-state index in [4.69, 9.17) is 5.21 Å². The number of hydrogen-bond donors (Lipinski definition) is 2. The number of nitrogens with one attached hydrogen (secondary N) is 1. The van der Waals surface area contributed by atoms with E-state index in [0.29, 0.717) is 5.48 Å². The van der Waals surface area contributed by atoms with Gasteiger partial charge in [-0.25, -0.2) is 0 Å². The number of carboxylic acids is 1. The number of hydrogen-bond acceptors (Lipinski definition) is 4. The molecule has 0 aromatic carbocycles. The molecule has 0 saturated heterocycles. The molecule has 0 atom stereocenters. The zero-order chi connectivity index (χ0) is 5.86. The number of aliphatic carboxylic acids is 1. The van der Waals surface area contributed by atoms with Crippen LogP contribution < -0.4 is 16.7 Å². The largest absolute Gasteiger partial charge is 1.00 e. The highest BCUT2D eigenvalue weighted by Gasteiger charge is 1.89. The number of hydroxylamine groups is 1. The lowest BCUT2D eigenvalue weighted by atomic mass is 10.7. The summed E-state index contributed by atoms with van der Waals surface area (Å²) in [6.45, 7) is 0. The van der Waals surface area contributed by atoms with Crippen LogP contribution in [0.1, 0.15) is 1.43 Å². The fraction of sp³-hybridized carbons (Fsp3) is 0. The molecule has 5 N–H and O–H groups in total. The molecule has 0 aliphatic rings. The Morgan fingerprint density at radius 2 is 1.88 bits per heavy atom. The Labute approximate surface area is 46.1 Å². The number of quaternary nitrogens is 1. The summed E-state index contributed by atoms with van der Waals surface area (Å²) in [5.74, 6) is -3.67. The molecule has 0 aromatic rings. The minimum Gasteiger partial charge on any atom is -0.759 e. The fourth-order valence-electron chi connectivity index (χ4n) is 0.0417. The van der Waals surface area contributed by atoms with Gasteiger partial charge in [-0.1, -0.05) is 0 Å². The second kappa shape index (κ2) is 4.03. The molecular weight excluding hydrogens is 116 g/mol. The van der Waals surface area contributed by atoms with Gasteiger partial charge in [0.15, 0.2) is 0 Å². The molecular formula is C2H6N2O4. The molecule has 0 saturated carbocycles. The summed E-state index contributed by atoms with van der Waals surface area (Å²) in [4.78, 5) is 18.6. The summed E-state index contributed by atoms with van der Waals surface area (Å²) in [5.41, 5.74) is 0.613. The Kier molecular flexibility index (Phi) is 5.02. The van der Waals surface area contributed by atoms with Crippen molar-refractivity contribution in [1.82, 2.24) is 11.6 Å². The molecule has 0 bridgehead atoms. The molecule has 0 fully saturated rings. The van der Waals surface area contributed by atoms with Crippen LogP contribution in [0.15, 0.2) is 0 Å². The van der Waals surface area contributed by atoms with Gasteiger partial charge >= 0.3 is 1.43 Å². The van der Waals surface area contributed by atoms with E-state index in [9.17, 15) is 14.7 Å². The van der Waals surface area contributed by atoms with Crippen LogP contribution in [0.4, 0.5) is 0 Å². The molecule has 1 amide bonds. The third-order valence-electron chi connectivity index (χ3n) is 0.278. The molecule has 6 nitrogen and oxygen atoms in total. The zero-order valence-corrected chi connectivity index (χ0v) is 4.13. The van der Waals surface area contributed by atoms with Gasteiger partial charge < -0.3 is 26.7 Å². The predicted octanol–water partition coefficient (Wildman–Crippen LogP) is -2.16. The Bertz CT molecular complexity index is 105. The van der Waals surface area contributed by atoms with Gasteiger partial charge in [-0.15, -0.1) is 0 Å². The lowest BCUT2D eigenvalue weighted by Gasteiger charge is -2.05. The van der Waals surface area contributed by atoms with E-state index in [1.54, 1.807) is 0 Å². The maximum Gasteiger partial charge on any atom is 1.00 e. The Balaban J connectivity index is -0.000000180. The first-order valence-corrected chi connectivity index (χ1v) is 1.32. The number of amides is 1. The highest BCUT2D eigenvalue weighted by Crippen LogP contribution is 1.53. The molecule has 0 aliphatic heterocycles. The van der Waals surface area contributed by atoms with E-state index >= 15 is 0 Å². The van der Waals surface area contributed by atoms with Crippen molar-refractivity contribution in [2.75, 3.05) is 0 Å². The molecule has 0 aromatic heterocycles. The minimum atomic E-state index is -2.02. The van der Waals surface area contributed by atoms with Gasteiger partial charge in [0.1, 0.15) is 5.97 Å². The predicted molar refractivity (Wildman–Crippen MR) is 23.6 cm³/mol. The normalized spacial score (nSPS) is 6.62. The summed E-state index contributed by atoms with van der Waals surface area (Å²) in [6, 6.07) is 0. The number of carboxylic acid groups (broad SMARTS) is 1. The van der Waals surface area contributed by atoms with Gasteiger partial charge in [0.05, 0.1) is 0 Å². The molecule has 0 rings (SSSR count). The first kappa shape index (κ1) is 9.97. The summed E-state index contributed by atoms with van der Waals surface area (Å²) in [7, 11) is 0. The van der Waals surface area contributed by atoms with Crippen molar-refractivity contribution in [3.05, 3.63) is 5.21 Å². The van der Waals surface area contributed by atoms with Crippen LogP contribution in [0.3, 0.4) is 0 Å². The Hall–Kier alpha value is -1.14. The Morgan fingerprint density at radius 3 is 1.88 bits per heavy atom. The molecule has 0 heterocycles. The van der Waals surface area contributed by atoms with Crippen molar-refractivity contribution in [3.63, 3.8) is 0 Å². The van der Waals surface area contributed by atoms with Crippen LogP contribution >= 0.6 is 0 Å². The Morgan fingerprint density at radius 1 is 1.50 bits per heavy atom. The van der Waals surface area contributed by atoms with Crippen molar-refractivity contribution >= 4 is 11.9 Å². The van der Waals surface area contributed by atoms with E-state index in [1.807, 2.05) is 0 Å². The second-order valence-electron chi connectivity index (χ2n) is 0.719. The molecule has 0 aliphatic carbocycles. The summed E-state index contributed by atoms with van der Waals surface area (Å²) in [6.07, 6.45) is 0. The van der Waals surface area contributed by atoms with Gasteiger partial charge in [-0.3, -0.25) is 4.79 Å². The fourth-order valence-corrected chi connectivity index (χ4v) is 0.0417. The first-order chi connectivity index (χ1) is 3.18. The molecule has 48 valence electrons. The van der Waals surface area contributed by atoms with E-state index in [1.165, 1.54) is 0 Å². The molecule has 6 heteroatoms. The van der Waals surface area contributed by atoms with Gasteiger partial charge in [-0.2, -0.15) is 0 Å². The van der Waals surface area contributed by atoms with Gasteiger partial charge in [0.2, 0.25) is 0 Å². The summed E-state index contributed by atoms with van der Waals surface area (Å²) >= 11 is 0. The maximum atomic E-state index is 9.43. The highest BCUT2D eigenvalue weighted by atomic mass is 16.5. The van der Waals surface area contributed by atoms with Crippen molar-refractivity contribution in [1.29, 1.82) is 0 Å². The van der Waals surface area contributed by atoms with Crippen LogP contribution in [0.2, 0.25) is 0 Å². The lowest BCUT2D eigenvalue weighted by molar-refractivity contribution is -0.300. The van der Waals surface area contributed by atoms with E-state index < -0.39 is 11.9 Å². The lowest BCUT2D eigenvalue weighted by Crippen LogP contribution is -2.38. The minimum absolute atomic E-state index is 0. The average molecular weight is 122 g/mol. The van der Waals surface area contributed by atoms with Crippen LogP contribution in [0, 0.1) is 5.21 Å². The quantitative estimate of drug-likeness (QED) is 0.280. The van der Waals surface area contributed by atoms with E-state index in [-0.39, 0.29) is 7.58 Å². The molecule has 8 heavy (non-hydrogen) atoms. The van der Waals surface area contributed by atoms with Crippen molar-refractivity contribution in [2.45, 2.75) is 0 Å². The average Bonchev–Trinajstić information content (AvgIpc) is 1.65. The van der Waals surface area contributed by atoms with Crippen molar-refractivity contribution < 1.29 is 16.1 Å². The van der Waals surface area contributed by atoms with Gasteiger partial charge in [0, 0.05) is 0 Å². The SMILES string of the molecule is O=C([O-])C(=O)N[O-].[H+].[NH4+]. The summed E-state index contributed by atoms with van der Waals surface area (Å²) < 4.78 is 0. The monoisotopic (exact) mass is 122 g/mol. The molecule has 0 unspecified atom stereocenters. The molecule has 0 spiro atoms. The molecule has 0 radical (unpaired) electrons. The highest BCUT2D eigenvalue weighted by molar-refractivity contribution is 6.30. The van der Waals surface area contributed by atoms with Crippen LogP contribution in [0.5, 0.6) is 0 Å². The van der Waals surface area contributed by atoms with Crippen LogP contribution in [-0.4, -0.2) is 11.9 Å². The topological polar surface area (TPSA) is 129 Å². The van der Waals surface area contributed by atoms with Gasteiger partial charge in [-0.05, 0) is 0 Å². The van der Waals surface area contributed by atoms with Gasteiger partial charge in [0.25, 0.3) is 5.91 Å². The van der Waals surface area contributed by atoms with E-state index in [2.05, 4.69) is 0 Å². The first-order valence-electron chi connectivity index (χ1n) is 1.32. The number of carbonyl (C=O) groups is 2. The third kappa shape index (κ3) is 3.07. The smallest absolute Gasteiger partial charge is 0.759 e. The van der Waals surface area contributed by atoms with E-state index in [0.717, 1.165) is 0 Å². The van der Waals surface area contributed by atoms with Crippen LogP contribution in [-0.2, 0) is 9.59 Å².